The monoisotopic (exact) mass is 137 g/mol. The average molecular weight is 137 g/mol. The van der Waals surface area contributed by atoms with Crippen LogP contribution in [0, 0.1) is 0 Å². The number of nitrogens with one attached hydrogen (secondary N) is 1. The third kappa shape index (κ3) is 0.540. The highest BCUT2D eigenvalue weighted by atomic mass is 16.4. The maximum absolute atomic E-state index is 10.8. The van der Waals surface area contributed by atoms with Gasteiger partial charge in [-0.25, -0.2) is 9.78 Å². The van der Waals surface area contributed by atoms with Crippen LogP contribution in [0.5, 0.6) is 0 Å². The van der Waals surface area contributed by atoms with Crippen LogP contribution in [0.15, 0.2) is 21.8 Å². The van der Waals surface area contributed by atoms with Crippen molar-refractivity contribution in [2.75, 3.05) is 0 Å². The van der Waals surface area contributed by atoms with E-state index in [2.05, 4.69) is 19.6 Å². The lowest BCUT2D eigenvalue weighted by Crippen LogP contribution is -1.98. The molecule has 1 N–H and O–H groups in total. The Morgan fingerprint density at radius 2 is 2.50 bits per heavy atom. The van der Waals surface area contributed by atoms with Crippen molar-refractivity contribution < 1.29 is 4.42 Å². The summed E-state index contributed by atoms with van der Waals surface area (Å²) in [6.45, 7) is 0. The molecule has 0 saturated heterocycles. The number of aromatic nitrogens is 3. The van der Waals surface area contributed by atoms with Gasteiger partial charge in [-0.15, -0.1) is 0 Å². The Kier molecular flexibility index (Phi) is 0.858. The topological polar surface area (TPSA) is 71.8 Å². The Morgan fingerprint density at radius 3 is 3.30 bits per heavy atom. The van der Waals surface area contributed by atoms with Gasteiger partial charge < -0.3 is 4.42 Å². The van der Waals surface area contributed by atoms with E-state index >= 15 is 0 Å². The number of nitrogens with zero attached hydrogens (tertiary/aromatic N) is 2. The predicted molar refractivity (Wildman–Crippen MR) is 32.4 cm³/mol. The fourth-order valence-corrected chi connectivity index (χ4v) is 0.719. The van der Waals surface area contributed by atoms with Gasteiger partial charge >= 0.3 is 5.63 Å². The van der Waals surface area contributed by atoms with E-state index in [9.17, 15) is 4.79 Å². The molecule has 0 atom stereocenters. The lowest BCUT2D eigenvalue weighted by molar-refractivity contribution is 0.500. The molecule has 50 valence electrons. The minimum atomic E-state index is -0.466. The summed E-state index contributed by atoms with van der Waals surface area (Å²) in [6.07, 6.45) is 2.63. The molecule has 0 unspecified atom stereocenters. The molecule has 5 heteroatoms. The Bertz CT molecular complexity index is 402. The largest absolute Gasteiger partial charge is 0.410 e. The van der Waals surface area contributed by atoms with Crippen molar-refractivity contribution in [3.63, 3.8) is 0 Å². The molecule has 0 aliphatic carbocycles. The van der Waals surface area contributed by atoms with Crippen LogP contribution in [0.25, 0.3) is 11.0 Å². The summed E-state index contributed by atoms with van der Waals surface area (Å²) in [4.78, 5) is 14.5. The van der Waals surface area contributed by atoms with E-state index in [1.807, 2.05) is 0 Å². The van der Waals surface area contributed by atoms with E-state index < -0.39 is 5.63 Å². The smallest absolute Gasteiger partial charge is 0.367 e. The van der Waals surface area contributed by atoms with Crippen LogP contribution in [0.4, 0.5) is 0 Å². The second-order valence-electron chi connectivity index (χ2n) is 1.76. The van der Waals surface area contributed by atoms with Gasteiger partial charge in [-0.1, -0.05) is 0 Å². The zero-order valence-electron chi connectivity index (χ0n) is 4.87. The standard InChI is InChI=1S/C5H3N3O2/c9-5-4-3(1-7-8-4)6-2-10-5/h1-2H,(H,7,8). The first-order valence-electron chi connectivity index (χ1n) is 2.65. The third-order valence-electron chi connectivity index (χ3n) is 1.17. The van der Waals surface area contributed by atoms with Gasteiger partial charge in [-0.2, -0.15) is 5.10 Å². The molecular weight excluding hydrogens is 134 g/mol. The van der Waals surface area contributed by atoms with Crippen molar-refractivity contribution in [2.45, 2.75) is 0 Å². The summed E-state index contributed by atoms with van der Waals surface area (Å²) in [5.41, 5.74) is 0.296. The van der Waals surface area contributed by atoms with Crippen molar-refractivity contribution in [1.82, 2.24) is 15.2 Å². The zero-order chi connectivity index (χ0) is 6.97. The molecule has 0 amide bonds. The second-order valence-corrected chi connectivity index (χ2v) is 1.76. The maximum Gasteiger partial charge on any atom is 0.367 e. The van der Waals surface area contributed by atoms with Gasteiger partial charge in [0.2, 0.25) is 0 Å². The van der Waals surface area contributed by atoms with E-state index in [1.54, 1.807) is 0 Å². The molecule has 0 aromatic carbocycles. The van der Waals surface area contributed by atoms with Gasteiger partial charge in [0.25, 0.3) is 0 Å². The maximum atomic E-state index is 10.8. The summed E-state index contributed by atoms with van der Waals surface area (Å²) in [7, 11) is 0. The minimum Gasteiger partial charge on any atom is -0.410 e. The zero-order valence-corrected chi connectivity index (χ0v) is 4.87. The van der Waals surface area contributed by atoms with Crippen LogP contribution in [0.2, 0.25) is 0 Å². The molecule has 0 aliphatic heterocycles. The van der Waals surface area contributed by atoms with Gasteiger partial charge in [0.05, 0.1) is 0 Å². The van der Waals surface area contributed by atoms with E-state index in [4.69, 9.17) is 0 Å². The van der Waals surface area contributed by atoms with Gasteiger partial charge in [0.15, 0.2) is 11.9 Å². The highest BCUT2D eigenvalue weighted by Crippen LogP contribution is 1.97. The van der Waals surface area contributed by atoms with Crippen molar-refractivity contribution in [2.24, 2.45) is 0 Å². The van der Waals surface area contributed by atoms with E-state index in [1.165, 1.54) is 6.20 Å². The SMILES string of the molecule is O=c1ocnc2c[nH]nc12. The Hall–Kier alpha value is -1.65. The van der Waals surface area contributed by atoms with Gasteiger partial charge in [0.1, 0.15) is 5.52 Å². The fraction of sp³-hybridized carbons (Fsp3) is 0. The van der Waals surface area contributed by atoms with E-state index in [-0.39, 0.29) is 5.52 Å². The number of rotatable bonds is 0. The van der Waals surface area contributed by atoms with Crippen molar-refractivity contribution >= 4 is 11.0 Å². The third-order valence-corrected chi connectivity index (χ3v) is 1.17. The molecular formula is C5H3N3O2. The first-order valence-corrected chi connectivity index (χ1v) is 2.65. The normalized spacial score (nSPS) is 10.4. The molecule has 0 radical (unpaired) electrons. The van der Waals surface area contributed by atoms with Gasteiger partial charge in [-0.3, -0.25) is 5.10 Å². The van der Waals surface area contributed by atoms with E-state index in [0.29, 0.717) is 5.52 Å². The fourth-order valence-electron chi connectivity index (χ4n) is 0.719. The van der Waals surface area contributed by atoms with Crippen LogP contribution >= 0.6 is 0 Å². The minimum absolute atomic E-state index is 0.238. The predicted octanol–water partition coefficient (Wildman–Crippen LogP) is -0.0889. The number of hydrogen-bond donors (Lipinski definition) is 1. The number of H-pyrrole nitrogens is 1. The van der Waals surface area contributed by atoms with Crippen molar-refractivity contribution in [3.8, 4) is 0 Å². The van der Waals surface area contributed by atoms with Crippen LogP contribution in [-0.4, -0.2) is 15.2 Å². The highest BCUT2D eigenvalue weighted by molar-refractivity contribution is 5.70. The lowest BCUT2D eigenvalue weighted by Gasteiger charge is -1.79. The number of hydrogen-bond acceptors (Lipinski definition) is 4. The van der Waals surface area contributed by atoms with Crippen molar-refractivity contribution in [3.05, 3.63) is 23.0 Å². The molecule has 0 spiro atoms. The first-order chi connectivity index (χ1) is 4.88. The van der Waals surface area contributed by atoms with Gasteiger partial charge in [0, 0.05) is 6.20 Å². The van der Waals surface area contributed by atoms with Crippen LogP contribution < -0.4 is 5.63 Å². The molecule has 0 saturated carbocycles. The highest BCUT2D eigenvalue weighted by Gasteiger charge is 2.00. The summed E-state index contributed by atoms with van der Waals surface area (Å²) in [5.74, 6) is 0. The van der Waals surface area contributed by atoms with Crippen molar-refractivity contribution in [1.29, 1.82) is 0 Å². The molecule has 10 heavy (non-hydrogen) atoms. The van der Waals surface area contributed by atoms with Crippen LogP contribution in [0.1, 0.15) is 0 Å². The Morgan fingerprint density at radius 1 is 1.60 bits per heavy atom. The van der Waals surface area contributed by atoms with Crippen LogP contribution in [-0.2, 0) is 0 Å². The molecule has 2 heterocycles. The second kappa shape index (κ2) is 1.66. The summed E-state index contributed by atoms with van der Waals surface area (Å²) in [6, 6.07) is 0. The lowest BCUT2D eigenvalue weighted by atomic mass is 10.5. The molecule has 2 rings (SSSR count). The Balaban J connectivity index is 3.09. The number of aromatic amines is 1. The van der Waals surface area contributed by atoms with E-state index in [0.717, 1.165) is 6.39 Å². The quantitative estimate of drug-likeness (QED) is 0.550. The summed E-state index contributed by atoms with van der Waals surface area (Å²) in [5, 5.41) is 6.13. The summed E-state index contributed by atoms with van der Waals surface area (Å²) < 4.78 is 4.45. The molecule has 0 aliphatic rings. The molecule has 2 aromatic heterocycles. The first kappa shape index (κ1) is 5.16. The van der Waals surface area contributed by atoms with Crippen LogP contribution in [0.3, 0.4) is 0 Å². The van der Waals surface area contributed by atoms with Gasteiger partial charge in [-0.05, 0) is 0 Å². The average Bonchev–Trinajstić information content (AvgIpc) is 2.36. The Labute approximate surface area is 54.7 Å². The molecule has 2 aromatic rings. The molecule has 0 bridgehead atoms. The number of fused-ring (bicyclic) bond motifs is 1. The summed E-state index contributed by atoms with van der Waals surface area (Å²) >= 11 is 0. The molecule has 0 fully saturated rings. The molecule has 5 nitrogen and oxygen atoms in total.